The summed E-state index contributed by atoms with van der Waals surface area (Å²) in [6.07, 6.45) is 0. The van der Waals surface area contributed by atoms with Crippen LogP contribution in [-0.2, 0) is 0 Å². The molecule has 2 aromatic rings. The Morgan fingerprint density at radius 2 is 1.95 bits per heavy atom. The van der Waals surface area contributed by atoms with Crippen LogP contribution in [0.5, 0.6) is 5.75 Å². The second kappa shape index (κ2) is 5.76. The molecule has 1 aromatic carbocycles. The molecule has 1 amide bonds. The van der Waals surface area contributed by atoms with E-state index in [-0.39, 0.29) is 5.91 Å². The second-order valence-electron chi connectivity index (χ2n) is 4.28. The van der Waals surface area contributed by atoms with Gasteiger partial charge in [0, 0.05) is 10.4 Å². The molecule has 0 unspecified atom stereocenters. The monoisotopic (exact) mass is 286 g/mol. The normalized spacial score (nSPS) is 9.90. The second-order valence-corrected chi connectivity index (χ2v) is 5.51. The largest absolute Gasteiger partial charge is 0.497 e. The van der Waals surface area contributed by atoms with Gasteiger partial charge < -0.3 is 10.1 Å². The molecular weight excluding hydrogens is 272 g/mol. The zero-order valence-corrected chi connectivity index (χ0v) is 12.3. The fourth-order valence-electron chi connectivity index (χ4n) is 1.77. The Morgan fingerprint density at radius 1 is 1.30 bits per heavy atom. The molecule has 0 aliphatic rings. The fraction of sp³-hybridized carbons (Fsp3) is 0.200. The highest BCUT2D eigenvalue weighted by atomic mass is 32.1. The summed E-state index contributed by atoms with van der Waals surface area (Å²) in [6.45, 7) is 3.82. The Kier molecular flexibility index (Phi) is 4.06. The summed E-state index contributed by atoms with van der Waals surface area (Å²) >= 11 is 1.42. The number of nitriles is 1. The van der Waals surface area contributed by atoms with Crippen molar-refractivity contribution in [1.29, 1.82) is 5.26 Å². The van der Waals surface area contributed by atoms with Crippen molar-refractivity contribution in [3.8, 4) is 11.8 Å². The van der Waals surface area contributed by atoms with E-state index in [0.29, 0.717) is 21.9 Å². The first-order valence-electron chi connectivity index (χ1n) is 6.02. The lowest BCUT2D eigenvalue weighted by Gasteiger charge is -2.04. The van der Waals surface area contributed by atoms with Gasteiger partial charge in [-0.05, 0) is 43.7 Å². The third-order valence-corrected chi connectivity index (χ3v) is 4.20. The first-order chi connectivity index (χ1) is 9.56. The third kappa shape index (κ3) is 2.65. The molecule has 0 radical (unpaired) electrons. The topological polar surface area (TPSA) is 62.1 Å². The molecule has 0 spiro atoms. The molecule has 0 aliphatic heterocycles. The average molecular weight is 286 g/mol. The number of rotatable bonds is 3. The van der Waals surface area contributed by atoms with Gasteiger partial charge in [0.1, 0.15) is 16.8 Å². The molecule has 1 aromatic heterocycles. The summed E-state index contributed by atoms with van der Waals surface area (Å²) in [4.78, 5) is 13.2. The van der Waals surface area contributed by atoms with Gasteiger partial charge >= 0.3 is 0 Å². The first kappa shape index (κ1) is 14.1. The minimum Gasteiger partial charge on any atom is -0.497 e. The van der Waals surface area contributed by atoms with Gasteiger partial charge in [-0.15, -0.1) is 11.3 Å². The Labute approximate surface area is 121 Å². The van der Waals surface area contributed by atoms with E-state index in [2.05, 4.69) is 11.4 Å². The van der Waals surface area contributed by atoms with Crippen LogP contribution >= 0.6 is 11.3 Å². The predicted octanol–water partition coefficient (Wildman–Crippen LogP) is 3.50. The number of nitrogens with one attached hydrogen (secondary N) is 1. The van der Waals surface area contributed by atoms with Crippen molar-refractivity contribution in [3.63, 3.8) is 0 Å². The Hall–Kier alpha value is -2.32. The van der Waals surface area contributed by atoms with E-state index in [1.54, 1.807) is 31.4 Å². The maximum absolute atomic E-state index is 12.1. The SMILES string of the molecule is COc1ccc(C(=O)Nc2sc(C)c(C)c2C#N)cc1. The highest BCUT2D eigenvalue weighted by Gasteiger charge is 2.15. The van der Waals surface area contributed by atoms with E-state index in [4.69, 9.17) is 10.00 Å². The molecule has 0 fully saturated rings. The minimum absolute atomic E-state index is 0.231. The molecule has 4 nitrogen and oxygen atoms in total. The number of methoxy groups -OCH3 is 1. The van der Waals surface area contributed by atoms with E-state index in [9.17, 15) is 4.79 Å². The maximum atomic E-state index is 12.1. The maximum Gasteiger partial charge on any atom is 0.256 e. The molecule has 20 heavy (non-hydrogen) atoms. The average Bonchev–Trinajstić information content (AvgIpc) is 2.73. The van der Waals surface area contributed by atoms with Crippen LogP contribution in [0.3, 0.4) is 0 Å². The molecule has 0 aliphatic carbocycles. The van der Waals surface area contributed by atoms with Gasteiger partial charge in [0.2, 0.25) is 0 Å². The number of carbonyl (C=O) groups is 1. The lowest BCUT2D eigenvalue weighted by Crippen LogP contribution is -2.11. The van der Waals surface area contributed by atoms with Gasteiger partial charge in [0.15, 0.2) is 0 Å². The highest BCUT2D eigenvalue weighted by molar-refractivity contribution is 7.16. The van der Waals surface area contributed by atoms with E-state index in [1.807, 2.05) is 13.8 Å². The number of carbonyl (C=O) groups excluding carboxylic acids is 1. The number of hydrogen-bond donors (Lipinski definition) is 1. The predicted molar refractivity (Wildman–Crippen MR) is 79.5 cm³/mol. The van der Waals surface area contributed by atoms with Crippen LogP contribution in [0.25, 0.3) is 0 Å². The Bertz CT molecular complexity index is 681. The molecule has 1 N–H and O–H groups in total. The van der Waals surface area contributed by atoms with Crippen molar-refractivity contribution in [2.75, 3.05) is 12.4 Å². The van der Waals surface area contributed by atoms with Crippen LogP contribution in [0.4, 0.5) is 5.00 Å². The highest BCUT2D eigenvalue weighted by Crippen LogP contribution is 2.32. The molecule has 0 atom stereocenters. The van der Waals surface area contributed by atoms with E-state index < -0.39 is 0 Å². The summed E-state index contributed by atoms with van der Waals surface area (Å²) < 4.78 is 5.05. The standard InChI is InChI=1S/C15H14N2O2S/c1-9-10(2)20-15(13(9)8-16)17-14(18)11-4-6-12(19-3)7-5-11/h4-7H,1-3H3,(H,17,18). The Balaban J connectivity index is 2.23. The van der Waals surface area contributed by atoms with Gasteiger partial charge in [-0.2, -0.15) is 5.26 Å². The van der Waals surface area contributed by atoms with Crippen LogP contribution in [0, 0.1) is 25.2 Å². The lowest BCUT2D eigenvalue weighted by molar-refractivity contribution is 0.102. The van der Waals surface area contributed by atoms with E-state index in [0.717, 1.165) is 10.4 Å². The minimum atomic E-state index is -0.231. The van der Waals surface area contributed by atoms with Gasteiger partial charge in [-0.25, -0.2) is 0 Å². The number of benzene rings is 1. The zero-order chi connectivity index (χ0) is 14.7. The summed E-state index contributed by atoms with van der Waals surface area (Å²) in [5, 5.41) is 12.5. The molecule has 0 saturated carbocycles. The molecule has 5 heteroatoms. The number of aryl methyl sites for hydroxylation is 1. The van der Waals surface area contributed by atoms with Gasteiger partial charge in [0.05, 0.1) is 12.7 Å². The molecule has 2 rings (SSSR count). The third-order valence-electron chi connectivity index (χ3n) is 3.08. The van der Waals surface area contributed by atoms with Crippen molar-refractivity contribution in [3.05, 3.63) is 45.8 Å². The van der Waals surface area contributed by atoms with E-state index in [1.165, 1.54) is 11.3 Å². The van der Waals surface area contributed by atoms with Crippen molar-refractivity contribution >= 4 is 22.2 Å². The fourth-order valence-corrected chi connectivity index (χ4v) is 2.77. The summed E-state index contributed by atoms with van der Waals surface area (Å²) in [5.41, 5.74) is 1.98. The molecule has 1 heterocycles. The number of nitrogens with zero attached hydrogens (tertiary/aromatic N) is 1. The van der Waals surface area contributed by atoms with Crippen molar-refractivity contribution in [1.82, 2.24) is 0 Å². The van der Waals surface area contributed by atoms with Crippen LogP contribution < -0.4 is 10.1 Å². The van der Waals surface area contributed by atoms with Gasteiger partial charge in [-0.1, -0.05) is 0 Å². The van der Waals surface area contributed by atoms with Crippen LogP contribution in [0.2, 0.25) is 0 Å². The lowest BCUT2D eigenvalue weighted by atomic mass is 10.1. The number of ether oxygens (including phenoxy) is 1. The number of thiophene rings is 1. The summed E-state index contributed by atoms with van der Waals surface area (Å²) in [7, 11) is 1.57. The number of amides is 1. The van der Waals surface area contributed by atoms with Crippen molar-refractivity contribution < 1.29 is 9.53 Å². The van der Waals surface area contributed by atoms with E-state index >= 15 is 0 Å². The van der Waals surface area contributed by atoms with Crippen molar-refractivity contribution in [2.45, 2.75) is 13.8 Å². The first-order valence-corrected chi connectivity index (χ1v) is 6.84. The van der Waals surface area contributed by atoms with Crippen LogP contribution in [-0.4, -0.2) is 13.0 Å². The summed E-state index contributed by atoms with van der Waals surface area (Å²) in [6, 6.07) is 8.97. The molecule has 102 valence electrons. The Morgan fingerprint density at radius 3 is 2.50 bits per heavy atom. The number of anilines is 1. The zero-order valence-electron chi connectivity index (χ0n) is 11.5. The van der Waals surface area contributed by atoms with Crippen LogP contribution in [0.1, 0.15) is 26.4 Å². The van der Waals surface area contributed by atoms with Crippen LogP contribution in [0.15, 0.2) is 24.3 Å². The smallest absolute Gasteiger partial charge is 0.256 e. The number of hydrogen-bond acceptors (Lipinski definition) is 4. The quantitative estimate of drug-likeness (QED) is 0.939. The van der Waals surface area contributed by atoms with Crippen molar-refractivity contribution in [2.24, 2.45) is 0 Å². The molecule has 0 saturated heterocycles. The summed E-state index contributed by atoms with van der Waals surface area (Å²) in [5.74, 6) is 0.465. The van der Waals surface area contributed by atoms with Gasteiger partial charge in [-0.3, -0.25) is 4.79 Å². The molecular formula is C15H14N2O2S. The van der Waals surface area contributed by atoms with Gasteiger partial charge in [0.25, 0.3) is 5.91 Å². The molecule has 0 bridgehead atoms.